The average molecular weight is 180 g/mol. The van der Waals surface area contributed by atoms with Crippen molar-refractivity contribution >= 4 is 6.21 Å². The highest BCUT2D eigenvalue weighted by Crippen LogP contribution is 2.24. The topological polar surface area (TPSA) is 67.8 Å². The molecule has 0 saturated heterocycles. The Morgan fingerprint density at radius 1 is 1.69 bits per heavy atom. The van der Waals surface area contributed by atoms with E-state index in [-0.39, 0.29) is 18.6 Å². The predicted octanol–water partition coefficient (Wildman–Crippen LogP) is -0.197. The summed E-state index contributed by atoms with van der Waals surface area (Å²) in [6.45, 7) is 0.242. The third-order valence-corrected chi connectivity index (χ3v) is 2.27. The van der Waals surface area contributed by atoms with Crippen molar-refractivity contribution in [3.05, 3.63) is 23.8 Å². The van der Waals surface area contributed by atoms with Crippen molar-refractivity contribution in [3.63, 3.8) is 0 Å². The minimum absolute atomic E-state index is 0.00808. The largest absolute Gasteiger partial charge is 0.388 e. The average Bonchev–Trinajstić information content (AvgIpc) is 2.63. The highest BCUT2D eigenvalue weighted by molar-refractivity contribution is 5.67. The molecule has 13 heavy (non-hydrogen) atoms. The minimum atomic E-state index is -0.578. The number of fused-ring (bicyclic) bond motifs is 1. The number of oxime groups is 1. The second-order valence-corrected chi connectivity index (χ2v) is 3.18. The Bertz CT molecular complexity index is 283. The van der Waals surface area contributed by atoms with Gasteiger partial charge in [-0.05, 0) is 11.6 Å². The first-order valence-electron chi connectivity index (χ1n) is 4.28. The van der Waals surface area contributed by atoms with Crippen LogP contribution in [0.15, 0.2) is 29.0 Å². The fraction of sp³-hybridized carbons (Fsp3) is 0.444. The van der Waals surface area contributed by atoms with Gasteiger partial charge in [-0.3, -0.25) is 0 Å². The van der Waals surface area contributed by atoms with Crippen LogP contribution in [0.1, 0.15) is 0 Å². The fourth-order valence-corrected chi connectivity index (χ4v) is 1.47. The Hall–Kier alpha value is -1.13. The third kappa shape index (κ3) is 1.50. The van der Waals surface area contributed by atoms with Crippen molar-refractivity contribution in [1.82, 2.24) is 0 Å². The maximum absolute atomic E-state index is 9.47. The van der Waals surface area contributed by atoms with Crippen molar-refractivity contribution in [1.29, 1.82) is 0 Å². The summed E-state index contributed by atoms with van der Waals surface area (Å²) < 4.78 is 0. The number of hydrogen-bond acceptors (Lipinski definition) is 4. The summed E-state index contributed by atoms with van der Waals surface area (Å²) in [6, 6.07) is 0. The summed E-state index contributed by atoms with van der Waals surface area (Å²) in [7, 11) is 0. The van der Waals surface area contributed by atoms with Crippen molar-refractivity contribution in [2.24, 2.45) is 16.8 Å². The van der Waals surface area contributed by atoms with Crippen molar-refractivity contribution in [3.8, 4) is 0 Å². The van der Waals surface area contributed by atoms with Crippen LogP contribution in [0.25, 0.3) is 0 Å². The molecule has 3 unspecified atom stereocenters. The number of aliphatic hydroxyl groups is 1. The first-order valence-corrected chi connectivity index (χ1v) is 4.28. The molecule has 0 aromatic heterocycles. The van der Waals surface area contributed by atoms with E-state index in [1.54, 1.807) is 6.21 Å². The maximum Gasteiger partial charge on any atom is 0.157 e. The molecule has 2 aliphatic rings. The van der Waals surface area contributed by atoms with Crippen LogP contribution in [0.4, 0.5) is 0 Å². The van der Waals surface area contributed by atoms with Crippen LogP contribution in [0, 0.1) is 5.92 Å². The van der Waals surface area contributed by atoms with Crippen molar-refractivity contribution in [2.45, 2.75) is 12.2 Å². The molecule has 2 rings (SSSR count). The molecular weight excluding hydrogens is 168 g/mol. The lowest BCUT2D eigenvalue weighted by Crippen LogP contribution is -2.25. The van der Waals surface area contributed by atoms with Crippen LogP contribution in [-0.4, -0.2) is 30.1 Å². The molecule has 4 nitrogen and oxygen atoms in total. The molecule has 0 aromatic carbocycles. The summed E-state index contributed by atoms with van der Waals surface area (Å²) in [5, 5.41) is 13.2. The van der Waals surface area contributed by atoms with Gasteiger partial charge in [0, 0.05) is 6.54 Å². The molecule has 70 valence electrons. The molecule has 0 saturated carbocycles. The van der Waals surface area contributed by atoms with E-state index in [0.717, 1.165) is 5.57 Å². The van der Waals surface area contributed by atoms with E-state index in [0.29, 0.717) is 0 Å². The molecule has 0 radical (unpaired) electrons. The zero-order valence-corrected chi connectivity index (χ0v) is 7.13. The first kappa shape index (κ1) is 8.47. The van der Waals surface area contributed by atoms with Crippen LogP contribution in [0.2, 0.25) is 0 Å². The summed E-state index contributed by atoms with van der Waals surface area (Å²) >= 11 is 0. The standard InChI is InChI=1S/C9H12N2O2/c10-4-8(12)6-1-2-9-7(3-6)5-11-13-9/h1-3,5,7-9,12H,4,10H2. The van der Waals surface area contributed by atoms with Gasteiger partial charge in [-0.2, -0.15) is 0 Å². The van der Waals surface area contributed by atoms with Gasteiger partial charge in [-0.25, -0.2) is 0 Å². The van der Waals surface area contributed by atoms with Gasteiger partial charge in [0.1, 0.15) is 0 Å². The zero-order chi connectivity index (χ0) is 9.26. The monoisotopic (exact) mass is 180 g/mol. The van der Waals surface area contributed by atoms with Gasteiger partial charge >= 0.3 is 0 Å². The molecule has 0 fully saturated rings. The Kier molecular flexibility index (Phi) is 2.16. The molecule has 0 spiro atoms. The lowest BCUT2D eigenvalue weighted by molar-refractivity contribution is 0.104. The smallest absolute Gasteiger partial charge is 0.157 e. The van der Waals surface area contributed by atoms with Crippen molar-refractivity contribution in [2.75, 3.05) is 6.54 Å². The molecule has 1 heterocycles. The van der Waals surface area contributed by atoms with Gasteiger partial charge in [0.05, 0.1) is 18.2 Å². The van der Waals surface area contributed by atoms with E-state index in [4.69, 9.17) is 10.6 Å². The van der Waals surface area contributed by atoms with Crippen LogP contribution < -0.4 is 5.73 Å². The van der Waals surface area contributed by atoms with Crippen LogP contribution in [0.5, 0.6) is 0 Å². The van der Waals surface area contributed by atoms with Gasteiger partial charge in [0.25, 0.3) is 0 Å². The summed E-state index contributed by atoms with van der Waals surface area (Å²) in [6.07, 6.45) is 6.84. The maximum atomic E-state index is 9.47. The van der Waals surface area contributed by atoms with Crippen LogP contribution >= 0.6 is 0 Å². The Morgan fingerprint density at radius 3 is 3.31 bits per heavy atom. The number of nitrogens with two attached hydrogens (primary N) is 1. The lowest BCUT2D eigenvalue weighted by atomic mass is 9.92. The molecule has 4 heteroatoms. The van der Waals surface area contributed by atoms with Gasteiger partial charge in [-0.1, -0.05) is 17.3 Å². The SMILES string of the molecule is NCC(O)C1=CC2C=NOC2C=C1. The second-order valence-electron chi connectivity index (χ2n) is 3.18. The van der Waals surface area contributed by atoms with E-state index < -0.39 is 6.10 Å². The highest BCUT2D eigenvalue weighted by atomic mass is 16.6. The van der Waals surface area contributed by atoms with E-state index >= 15 is 0 Å². The first-order chi connectivity index (χ1) is 6.31. The van der Waals surface area contributed by atoms with Crippen LogP contribution in [0.3, 0.4) is 0 Å². The predicted molar refractivity (Wildman–Crippen MR) is 49.1 cm³/mol. The van der Waals surface area contributed by atoms with Gasteiger partial charge in [0.2, 0.25) is 0 Å². The zero-order valence-electron chi connectivity index (χ0n) is 7.13. The van der Waals surface area contributed by atoms with Gasteiger partial charge in [-0.15, -0.1) is 0 Å². The molecule has 1 aliphatic heterocycles. The highest BCUT2D eigenvalue weighted by Gasteiger charge is 2.26. The molecular formula is C9H12N2O2. The number of aliphatic hydroxyl groups excluding tert-OH is 1. The van der Waals surface area contributed by atoms with E-state index in [2.05, 4.69) is 5.16 Å². The van der Waals surface area contributed by atoms with Gasteiger partial charge < -0.3 is 15.7 Å². The van der Waals surface area contributed by atoms with Crippen LogP contribution in [-0.2, 0) is 4.84 Å². The molecule has 0 bridgehead atoms. The number of rotatable bonds is 2. The minimum Gasteiger partial charge on any atom is -0.388 e. The fourth-order valence-electron chi connectivity index (χ4n) is 1.47. The Balaban J connectivity index is 2.14. The summed E-state index contributed by atoms with van der Waals surface area (Å²) in [5.41, 5.74) is 6.20. The Morgan fingerprint density at radius 2 is 2.54 bits per heavy atom. The van der Waals surface area contributed by atoms with Gasteiger partial charge in [0.15, 0.2) is 6.10 Å². The second kappa shape index (κ2) is 3.32. The van der Waals surface area contributed by atoms with E-state index in [9.17, 15) is 5.11 Å². The third-order valence-electron chi connectivity index (χ3n) is 2.27. The molecule has 3 atom stereocenters. The summed E-state index contributed by atoms with van der Waals surface area (Å²) in [4.78, 5) is 5.04. The van der Waals surface area contributed by atoms with E-state index in [1.165, 1.54) is 0 Å². The Labute approximate surface area is 76.4 Å². The summed E-state index contributed by atoms with van der Waals surface area (Å²) in [5.74, 6) is 0.154. The number of hydrogen-bond donors (Lipinski definition) is 2. The molecule has 0 amide bonds. The molecule has 3 N–H and O–H groups in total. The number of nitrogens with zero attached hydrogens (tertiary/aromatic N) is 1. The van der Waals surface area contributed by atoms with E-state index in [1.807, 2.05) is 18.2 Å². The lowest BCUT2D eigenvalue weighted by Gasteiger charge is -2.18. The van der Waals surface area contributed by atoms with Crippen molar-refractivity contribution < 1.29 is 9.94 Å². The molecule has 1 aliphatic carbocycles. The quantitative estimate of drug-likeness (QED) is 0.618. The normalized spacial score (nSPS) is 32.3. The molecule has 0 aromatic rings.